The molecule has 3 atom stereocenters. The highest BCUT2D eigenvalue weighted by atomic mass is 16.4. The van der Waals surface area contributed by atoms with Crippen LogP contribution in [0.4, 0.5) is 0 Å². The number of rotatable bonds is 4. The molecule has 5 N–H and O–H groups in total. The number of aliphatic hydroxyl groups excluding tert-OH is 4. The van der Waals surface area contributed by atoms with E-state index < -0.39 is 24.9 Å². The van der Waals surface area contributed by atoms with Gasteiger partial charge in [-0.15, -0.1) is 0 Å². The molecule has 5 nitrogen and oxygen atoms in total. The fourth-order valence-corrected chi connectivity index (χ4v) is 0.434. The molecule has 0 spiro atoms. The van der Waals surface area contributed by atoms with E-state index in [1.165, 1.54) is 0 Å². The van der Waals surface area contributed by atoms with Crippen molar-refractivity contribution < 1.29 is 20.4 Å². The van der Waals surface area contributed by atoms with Crippen molar-refractivity contribution in [1.82, 2.24) is 0 Å². The molecule has 5 heteroatoms. The Morgan fingerprint density at radius 2 is 1.80 bits per heavy atom. The van der Waals surface area contributed by atoms with Crippen LogP contribution in [0.2, 0.25) is 0 Å². The first-order valence-corrected chi connectivity index (χ1v) is 2.79. The summed E-state index contributed by atoms with van der Waals surface area (Å²) in [7, 11) is 0. The summed E-state index contributed by atoms with van der Waals surface area (Å²) in [5.74, 6) is 0. The molecular formula is C5H11NO4. The van der Waals surface area contributed by atoms with Crippen LogP contribution in [0, 0.1) is 5.41 Å². The first-order chi connectivity index (χ1) is 4.63. The minimum Gasteiger partial charge on any atom is -0.394 e. The molecule has 0 bridgehead atoms. The zero-order valence-electron chi connectivity index (χ0n) is 5.31. The van der Waals surface area contributed by atoms with Crippen LogP contribution in [-0.4, -0.2) is 51.6 Å². The van der Waals surface area contributed by atoms with Crippen LogP contribution in [0.15, 0.2) is 0 Å². The summed E-state index contributed by atoms with van der Waals surface area (Å²) in [5, 5.41) is 40.8. The van der Waals surface area contributed by atoms with Crippen LogP contribution in [0.3, 0.4) is 0 Å². The normalized spacial score (nSPS) is 19.6. The van der Waals surface area contributed by atoms with Gasteiger partial charge in [-0.05, 0) is 0 Å². The molecule has 0 aliphatic heterocycles. The summed E-state index contributed by atoms with van der Waals surface area (Å²) in [6.45, 7) is -0.633. The molecule has 0 saturated heterocycles. The van der Waals surface area contributed by atoms with E-state index in [1.54, 1.807) is 0 Å². The maximum Gasteiger partial charge on any atom is 0.117 e. The molecule has 0 radical (unpaired) electrons. The van der Waals surface area contributed by atoms with Crippen molar-refractivity contribution in [3.63, 3.8) is 0 Å². The monoisotopic (exact) mass is 149 g/mol. The summed E-state index contributed by atoms with van der Waals surface area (Å²) in [6, 6.07) is 0. The Morgan fingerprint density at radius 1 is 1.30 bits per heavy atom. The zero-order chi connectivity index (χ0) is 8.15. The van der Waals surface area contributed by atoms with E-state index >= 15 is 0 Å². The van der Waals surface area contributed by atoms with Gasteiger partial charge in [0.25, 0.3) is 0 Å². The molecule has 0 aromatic heterocycles. The van der Waals surface area contributed by atoms with Crippen LogP contribution in [0.1, 0.15) is 0 Å². The number of nitrogens with one attached hydrogen (secondary N) is 1. The lowest BCUT2D eigenvalue weighted by atomic mass is 10.1. The largest absolute Gasteiger partial charge is 0.394 e. The highest BCUT2D eigenvalue weighted by Crippen LogP contribution is 1.96. The van der Waals surface area contributed by atoms with Gasteiger partial charge in [0, 0.05) is 6.21 Å². The van der Waals surface area contributed by atoms with Crippen LogP contribution in [0.5, 0.6) is 0 Å². The van der Waals surface area contributed by atoms with E-state index in [0.717, 1.165) is 0 Å². The van der Waals surface area contributed by atoms with Gasteiger partial charge < -0.3 is 25.8 Å². The van der Waals surface area contributed by atoms with E-state index in [9.17, 15) is 0 Å². The Balaban J connectivity index is 3.80. The molecule has 0 fully saturated rings. The molecule has 0 heterocycles. The van der Waals surface area contributed by atoms with E-state index in [-0.39, 0.29) is 0 Å². The molecular weight excluding hydrogens is 138 g/mol. The number of hydrogen-bond acceptors (Lipinski definition) is 5. The van der Waals surface area contributed by atoms with Crippen LogP contribution >= 0.6 is 0 Å². The van der Waals surface area contributed by atoms with Gasteiger partial charge in [-0.3, -0.25) is 0 Å². The van der Waals surface area contributed by atoms with Crippen molar-refractivity contribution in [1.29, 1.82) is 5.41 Å². The third kappa shape index (κ3) is 2.40. The molecule has 0 rings (SSSR count). The van der Waals surface area contributed by atoms with Crippen molar-refractivity contribution in [2.24, 2.45) is 0 Å². The molecule has 0 aromatic rings. The van der Waals surface area contributed by atoms with Crippen molar-refractivity contribution in [3.8, 4) is 0 Å². The molecule has 0 aromatic carbocycles. The summed E-state index contributed by atoms with van der Waals surface area (Å²) < 4.78 is 0. The Bertz CT molecular complexity index is 108. The average molecular weight is 149 g/mol. The van der Waals surface area contributed by atoms with Gasteiger partial charge in [-0.1, -0.05) is 0 Å². The lowest BCUT2D eigenvalue weighted by Gasteiger charge is -2.17. The van der Waals surface area contributed by atoms with Gasteiger partial charge in [-0.2, -0.15) is 0 Å². The summed E-state index contributed by atoms with van der Waals surface area (Å²) in [5.41, 5.74) is 0. The minimum absolute atomic E-state index is 0.587. The Hall–Kier alpha value is -0.490. The Morgan fingerprint density at radius 3 is 2.10 bits per heavy atom. The van der Waals surface area contributed by atoms with Gasteiger partial charge in [0.15, 0.2) is 0 Å². The van der Waals surface area contributed by atoms with E-state index in [4.69, 9.17) is 25.8 Å². The van der Waals surface area contributed by atoms with Gasteiger partial charge in [-0.25, -0.2) is 0 Å². The minimum atomic E-state index is -1.48. The maximum atomic E-state index is 8.77. The van der Waals surface area contributed by atoms with Crippen LogP contribution in [-0.2, 0) is 0 Å². The first kappa shape index (κ1) is 9.51. The lowest BCUT2D eigenvalue weighted by Crippen LogP contribution is -2.40. The number of hydrogen-bond donors (Lipinski definition) is 5. The molecule has 0 aliphatic rings. The lowest BCUT2D eigenvalue weighted by molar-refractivity contribution is -0.0542. The van der Waals surface area contributed by atoms with Crippen LogP contribution in [0.25, 0.3) is 0 Å². The molecule has 0 unspecified atom stereocenters. The quantitative estimate of drug-likeness (QED) is 0.290. The zero-order valence-corrected chi connectivity index (χ0v) is 5.31. The predicted octanol–water partition coefficient (Wildman–Crippen LogP) is -2.29. The van der Waals surface area contributed by atoms with Gasteiger partial charge in [0.2, 0.25) is 0 Å². The Kier molecular flexibility index (Phi) is 4.13. The second kappa shape index (κ2) is 4.35. The standard InChI is InChI=1S/C5H11NO4/c6-1-3(8)5(10)4(9)2-7/h1,3-10H,2H2/t3-,4+,5+/m0/s1. The van der Waals surface area contributed by atoms with Crippen molar-refractivity contribution in [3.05, 3.63) is 0 Å². The fourth-order valence-electron chi connectivity index (χ4n) is 0.434. The second-order valence-electron chi connectivity index (χ2n) is 1.90. The fraction of sp³-hybridized carbons (Fsp3) is 0.800. The SMILES string of the molecule is N=C[C@H](O)[C@@H](O)[C@H](O)CO. The molecule has 0 aliphatic carbocycles. The third-order valence-corrected chi connectivity index (χ3v) is 1.10. The van der Waals surface area contributed by atoms with E-state index in [0.29, 0.717) is 6.21 Å². The van der Waals surface area contributed by atoms with E-state index in [2.05, 4.69) is 0 Å². The predicted molar refractivity (Wildman–Crippen MR) is 33.9 cm³/mol. The summed E-state index contributed by atoms with van der Waals surface area (Å²) >= 11 is 0. The molecule has 0 amide bonds. The molecule has 60 valence electrons. The van der Waals surface area contributed by atoms with Crippen molar-refractivity contribution in [2.75, 3.05) is 6.61 Å². The molecule has 10 heavy (non-hydrogen) atoms. The second-order valence-corrected chi connectivity index (χ2v) is 1.90. The summed E-state index contributed by atoms with van der Waals surface area (Å²) in [6.07, 6.45) is -3.70. The van der Waals surface area contributed by atoms with Gasteiger partial charge in [0.05, 0.1) is 6.61 Å². The first-order valence-electron chi connectivity index (χ1n) is 2.79. The van der Waals surface area contributed by atoms with Gasteiger partial charge >= 0.3 is 0 Å². The maximum absolute atomic E-state index is 8.77. The molecule has 0 saturated carbocycles. The van der Waals surface area contributed by atoms with Crippen molar-refractivity contribution >= 4 is 6.21 Å². The topological polar surface area (TPSA) is 105 Å². The van der Waals surface area contributed by atoms with Gasteiger partial charge in [0.1, 0.15) is 18.3 Å². The highest BCUT2D eigenvalue weighted by molar-refractivity contribution is 5.59. The smallest absolute Gasteiger partial charge is 0.117 e. The Labute approximate surface area is 58.1 Å². The summed E-state index contributed by atoms with van der Waals surface area (Å²) in [4.78, 5) is 0. The third-order valence-electron chi connectivity index (χ3n) is 1.10. The average Bonchev–Trinajstić information content (AvgIpc) is 2.00. The number of aliphatic hydroxyl groups is 4. The van der Waals surface area contributed by atoms with E-state index in [1.807, 2.05) is 0 Å². The van der Waals surface area contributed by atoms with Crippen molar-refractivity contribution in [2.45, 2.75) is 18.3 Å². The van der Waals surface area contributed by atoms with Crippen LogP contribution < -0.4 is 0 Å². The highest BCUT2D eigenvalue weighted by Gasteiger charge is 2.21.